The number of aromatic amines is 1. The van der Waals surface area contributed by atoms with E-state index in [9.17, 15) is 9.59 Å². The Bertz CT molecular complexity index is 2080. The van der Waals surface area contributed by atoms with E-state index in [-0.39, 0.29) is 11.0 Å². The van der Waals surface area contributed by atoms with Crippen molar-refractivity contribution in [2.24, 2.45) is 7.05 Å². The van der Waals surface area contributed by atoms with Gasteiger partial charge in [-0.1, -0.05) is 26.8 Å². The van der Waals surface area contributed by atoms with Crippen LogP contribution in [-0.4, -0.2) is 47.6 Å². The van der Waals surface area contributed by atoms with E-state index in [1.165, 1.54) is 4.57 Å². The van der Waals surface area contributed by atoms with E-state index in [1.807, 2.05) is 37.3 Å². The highest BCUT2D eigenvalue weighted by molar-refractivity contribution is 6.00. The highest BCUT2D eigenvalue weighted by Crippen LogP contribution is 2.29. The molecule has 0 aliphatic heterocycles. The zero-order valence-electron chi connectivity index (χ0n) is 24.8. The molecular weight excluding hydrogens is 544 g/mol. The van der Waals surface area contributed by atoms with Crippen LogP contribution < -0.4 is 21.5 Å². The Kier molecular flexibility index (Phi) is 6.68. The van der Waals surface area contributed by atoms with Gasteiger partial charge in [-0.2, -0.15) is 15.2 Å². The zero-order chi connectivity index (χ0) is 30.5. The minimum atomic E-state index is -0.444. The van der Waals surface area contributed by atoms with Crippen LogP contribution in [0.2, 0.25) is 0 Å². The van der Waals surface area contributed by atoms with Crippen LogP contribution in [0.25, 0.3) is 38.8 Å². The number of amides is 2. The second-order valence-electron chi connectivity index (χ2n) is 11.5. The minimum Gasteiger partial charge on any atom is -0.357 e. The second kappa shape index (κ2) is 10.4. The summed E-state index contributed by atoms with van der Waals surface area (Å²) in [7, 11) is 3.41. The molecule has 0 atom stereocenters. The number of urea groups is 1. The number of nitrogens with one attached hydrogen (secondary N) is 4. The van der Waals surface area contributed by atoms with E-state index in [1.54, 1.807) is 49.4 Å². The van der Waals surface area contributed by atoms with Gasteiger partial charge in [0.15, 0.2) is 0 Å². The van der Waals surface area contributed by atoms with Crippen molar-refractivity contribution in [3.05, 3.63) is 82.5 Å². The fourth-order valence-corrected chi connectivity index (χ4v) is 4.92. The van der Waals surface area contributed by atoms with Gasteiger partial charge in [-0.25, -0.2) is 14.5 Å². The lowest BCUT2D eigenvalue weighted by Crippen LogP contribution is -2.22. The maximum Gasteiger partial charge on any atom is 0.324 e. The molecule has 0 fully saturated rings. The fourth-order valence-electron chi connectivity index (χ4n) is 4.92. The molecule has 6 rings (SSSR count). The average molecular weight is 577 g/mol. The summed E-state index contributed by atoms with van der Waals surface area (Å²) < 4.78 is 3.22. The Morgan fingerprint density at radius 3 is 2.53 bits per heavy atom. The lowest BCUT2D eigenvalue weighted by Gasteiger charge is -2.14. The molecule has 0 saturated carbocycles. The number of H-pyrrole nitrogens is 1. The van der Waals surface area contributed by atoms with E-state index in [0.29, 0.717) is 34.2 Å². The van der Waals surface area contributed by atoms with Gasteiger partial charge >= 0.3 is 6.03 Å². The predicted molar refractivity (Wildman–Crippen MR) is 169 cm³/mol. The molecule has 4 aromatic heterocycles. The minimum absolute atomic E-state index is 0.203. The monoisotopic (exact) mass is 576 g/mol. The topological polar surface area (TPSA) is 147 Å². The summed E-state index contributed by atoms with van der Waals surface area (Å²) in [5.41, 5.74) is 5.21. The first-order valence-corrected chi connectivity index (χ1v) is 13.8. The molecule has 0 unspecified atom stereocenters. The largest absolute Gasteiger partial charge is 0.357 e. The van der Waals surface area contributed by atoms with Gasteiger partial charge in [0.2, 0.25) is 5.95 Å². The number of carbonyl (C=O) groups excluding carboxylic acids is 1. The summed E-state index contributed by atoms with van der Waals surface area (Å²) in [6.07, 6.45) is 3.43. The lowest BCUT2D eigenvalue weighted by atomic mass is 9.92. The number of nitrogens with zero attached hydrogens (tertiary/aromatic N) is 6. The van der Waals surface area contributed by atoms with Crippen LogP contribution in [0.4, 0.5) is 22.2 Å². The van der Waals surface area contributed by atoms with Crippen LogP contribution >= 0.6 is 0 Å². The molecule has 6 aromatic rings. The molecule has 43 heavy (non-hydrogen) atoms. The third-order valence-electron chi connectivity index (χ3n) is 7.35. The Morgan fingerprint density at radius 2 is 1.77 bits per heavy atom. The SMILES string of the molecule is CNc1ncc2cc(-c3cc(NC(=O)Nc4cc(C(C)(C)C)nn4-c4ccc5[nH]ncc5c4)ccc3C)c(=O)n(C)c2n1. The van der Waals surface area contributed by atoms with Crippen LogP contribution in [-0.2, 0) is 12.5 Å². The van der Waals surface area contributed by atoms with E-state index in [0.717, 1.165) is 33.2 Å². The van der Waals surface area contributed by atoms with Gasteiger partial charge in [-0.3, -0.25) is 19.8 Å². The Hall–Kier alpha value is -5.52. The highest BCUT2D eigenvalue weighted by Gasteiger charge is 2.22. The lowest BCUT2D eigenvalue weighted by molar-refractivity contribution is 0.262. The normalized spacial score (nSPS) is 11.7. The Labute approximate surface area is 247 Å². The maximum atomic E-state index is 13.4. The number of hydrogen-bond donors (Lipinski definition) is 4. The predicted octanol–water partition coefficient (Wildman–Crippen LogP) is 5.35. The standard InChI is InChI=1S/C31H32N10O2/c1-17-7-8-20(13-22(17)23-12-19-15-33-29(32-5)37-27(19)40(6)28(23)42)35-30(43)36-26-14-25(31(2,3)4)39-41(26)21-9-10-24-18(11-21)16-34-38-24/h7-16H,1-6H3,(H,34,38)(H,32,33,37)(H2,35,36,43). The van der Waals surface area contributed by atoms with E-state index in [4.69, 9.17) is 5.10 Å². The average Bonchev–Trinajstić information content (AvgIpc) is 3.62. The third kappa shape index (κ3) is 5.18. The van der Waals surface area contributed by atoms with Gasteiger partial charge < -0.3 is 10.6 Å². The first-order chi connectivity index (χ1) is 20.5. The molecule has 2 amide bonds. The van der Waals surface area contributed by atoms with Crippen molar-refractivity contribution in [3.8, 4) is 16.8 Å². The molecule has 0 saturated heterocycles. The molecule has 12 nitrogen and oxygen atoms in total. The molecule has 2 aromatic carbocycles. The first-order valence-electron chi connectivity index (χ1n) is 13.8. The molecule has 0 bridgehead atoms. The molecule has 4 heterocycles. The number of aryl methyl sites for hydroxylation is 2. The van der Waals surface area contributed by atoms with Crippen LogP contribution in [0.1, 0.15) is 32.0 Å². The van der Waals surface area contributed by atoms with Gasteiger partial charge in [0.25, 0.3) is 5.56 Å². The number of hydrogen-bond acceptors (Lipinski definition) is 7. The summed E-state index contributed by atoms with van der Waals surface area (Å²) in [6, 6.07) is 14.5. The molecule has 0 aliphatic rings. The molecule has 12 heteroatoms. The summed E-state index contributed by atoms with van der Waals surface area (Å²) in [5, 5.41) is 22.3. The number of carbonyl (C=O) groups is 1. The van der Waals surface area contributed by atoms with Crippen LogP contribution in [0.15, 0.2) is 65.7 Å². The van der Waals surface area contributed by atoms with Gasteiger partial charge in [-0.05, 0) is 54.4 Å². The van der Waals surface area contributed by atoms with Crippen molar-refractivity contribution in [1.29, 1.82) is 0 Å². The number of aromatic nitrogens is 7. The number of anilines is 3. The highest BCUT2D eigenvalue weighted by atomic mass is 16.2. The van der Waals surface area contributed by atoms with Crippen molar-refractivity contribution >= 4 is 45.4 Å². The van der Waals surface area contributed by atoms with Crippen LogP contribution in [0.5, 0.6) is 0 Å². The second-order valence-corrected chi connectivity index (χ2v) is 11.5. The van der Waals surface area contributed by atoms with Gasteiger partial charge in [0.05, 0.1) is 23.1 Å². The fraction of sp³-hybridized carbons (Fsp3) is 0.226. The molecule has 218 valence electrons. The smallest absolute Gasteiger partial charge is 0.324 e. The Balaban J connectivity index is 1.32. The molecule has 0 spiro atoms. The summed E-state index contributed by atoms with van der Waals surface area (Å²) in [6.45, 7) is 8.13. The number of fused-ring (bicyclic) bond motifs is 2. The van der Waals surface area contributed by atoms with Crippen molar-refractivity contribution < 1.29 is 4.79 Å². The Morgan fingerprint density at radius 1 is 0.953 bits per heavy atom. The number of benzene rings is 2. The van der Waals surface area contributed by atoms with Crippen molar-refractivity contribution in [3.63, 3.8) is 0 Å². The van der Waals surface area contributed by atoms with Gasteiger partial charge in [0.1, 0.15) is 11.5 Å². The van der Waals surface area contributed by atoms with E-state index >= 15 is 0 Å². The molecular formula is C31H32N10O2. The number of pyridine rings is 1. The van der Waals surface area contributed by atoms with Crippen LogP contribution in [0, 0.1) is 6.92 Å². The molecule has 0 aliphatic carbocycles. The summed E-state index contributed by atoms with van der Waals surface area (Å²) in [5.74, 6) is 0.948. The van der Waals surface area contributed by atoms with Crippen molar-refractivity contribution in [2.45, 2.75) is 33.1 Å². The van der Waals surface area contributed by atoms with Crippen molar-refractivity contribution in [1.82, 2.24) is 34.5 Å². The quantitative estimate of drug-likeness (QED) is 0.216. The van der Waals surface area contributed by atoms with E-state index in [2.05, 4.69) is 56.9 Å². The maximum absolute atomic E-state index is 13.4. The van der Waals surface area contributed by atoms with Gasteiger partial charge in [-0.15, -0.1) is 0 Å². The van der Waals surface area contributed by atoms with Crippen molar-refractivity contribution in [2.75, 3.05) is 23.0 Å². The van der Waals surface area contributed by atoms with E-state index < -0.39 is 6.03 Å². The van der Waals surface area contributed by atoms with Gasteiger partial charge in [0, 0.05) is 53.8 Å². The summed E-state index contributed by atoms with van der Waals surface area (Å²) in [4.78, 5) is 35.4. The van der Waals surface area contributed by atoms with Crippen LogP contribution in [0.3, 0.4) is 0 Å². The molecule has 0 radical (unpaired) electrons. The summed E-state index contributed by atoms with van der Waals surface area (Å²) >= 11 is 0. The zero-order valence-corrected chi connectivity index (χ0v) is 24.8. The third-order valence-corrected chi connectivity index (χ3v) is 7.35. The number of rotatable bonds is 5. The molecule has 4 N–H and O–H groups in total. The first kappa shape index (κ1) is 27.6.